The Morgan fingerprint density at radius 2 is 0.695 bits per heavy atom. The molecular weight excluding hydrogens is 1160 g/mol. The average Bonchev–Trinajstić information content (AvgIpc) is 2.22. The first-order valence-corrected chi connectivity index (χ1v) is 34.3. The van der Waals surface area contributed by atoms with Crippen LogP contribution in [0.4, 0.5) is 17.6 Å². The van der Waals surface area contributed by atoms with Crippen LogP contribution in [0.1, 0.15) is 76.0 Å². The summed E-state index contributed by atoms with van der Waals surface area (Å²) in [7, 11) is -13.8. The summed E-state index contributed by atoms with van der Waals surface area (Å²) < 4.78 is 126. The zero-order valence-electron chi connectivity index (χ0n) is 46.5. The Bertz CT molecular complexity index is 3340. The van der Waals surface area contributed by atoms with Gasteiger partial charge >= 0.3 is 0 Å². The highest BCUT2D eigenvalue weighted by Gasteiger charge is 2.51. The van der Waals surface area contributed by atoms with Gasteiger partial charge in [0.2, 0.25) is 0 Å². The fourth-order valence-corrected chi connectivity index (χ4v) is 23.1. The average molecular weight is 1220 g/mol. The molecular formula is C66H66Cl2F4O6S2Si2. The smallest absolute Gasteiger partial charge is 0.261 e. The second kappa shape index (κ2) is 27.5. The molecule has 428 valence electrons. The van der Waals surface area contributed by atoms with Gasteiger partial charge in [-0.2, -0.15) is 0 Å². The third-order valence-corrected chi connectivity index (χ3v) is 29.1. The van der Waals surface area contributed by atoms with E-state index in [2.05, 4.69) is 90.1 Å². The second-order valence-corrected chi connectivity index (χ2v) is 35.4. The molecule has 0 aromatic heterocycles. The molecule has 0 amide bonds. The van der Waals surface area contributed by atoms with E-state index in [4.69, 9.17) is 32.1 Å². The molecule has 0 spiro atoms. The molecule has 6 nitrogen and oxygen atoms in total. The van der Waals surface area contributed by atoms with Gasteiger partial charge in [0.25, 0.3) is 16.6 Å². The maximum atomic E-state index is 14.9. The van der Waals surface area contributed by atoms with Gasteiger partial charge in [0.05, 0.1) is 33.5 Å². The first-order chi connectivity index (χ1) is 38.9. The van der Waals surface area contributed by atoms with E-state index in [9.17, 15) is 34.4 Å². The quantitative estimate of drug-likeness (QED) is 0.0429. The third kappa shape index (κ3) is 14.6. The normalized spacial score (nSPS) is 13.4. The summed E-state index contributed by atoms with van der Waals surface area (Å²) in [5.41, 5.74) is -0.449. The van der Waals surface area contributed by atoms with Crippen molar-refractivity contribution in [3.8, 4) is 0 Å². The van der Waals surface area contributed by atoms with Gasteiger partial charge in [-0.05, 0) is 129 Å². The highest BCUT2D eigenvalue weighted by Crippen LogP contribution is 2.40. The number of hydrogen-bond acceptors (Lipinski definition) is 6. The highest BCUT2D eigenvalue weighted by atomic mass is 35.5. The van der Waals surface area contributed by atoms with Crippen LogP contribution >= 0.6 is 23.2 Å². The minimum atomic E-state index is -4.08. The van der Waals surface area contributed by atoms with Crippen molar-refractivity contribution in [1.29, 1.82) is 0 Å². The number of allylic oxidation sites excluding steroid dienone is 2. The van der Waals surface area contributed by atoms with Gasteiger partial charge in [0.15, 0.2) is 19.7 Å². The topological polar surface area (TPSA) is 86.7 Å². The fourth-order valence-electron chi connectivity index (χ4n) is 10.4. The van der Waals surface area contributed by atoms with Gasteiger partial charge in [-0.1, -0.05) is 210 Å². The molecule has 0 fully saturated rings. The van der Waals surface area contributed by atoms with Crippen molar-refractivity contribution in [3.05, 3.63) is 275 Å². The molecule has 8 aromatic carbocycles. The number of benzene rings is 8. The number of rotatable bonds is 20. The largest absolute Gasteiger partial charge is 0.404 e. The van der Waals surface area contributed by atoms with Crippen molar-refractivity contribution >= 4 is 80.3 Å². The Hall–Kier alpha value is -6.21. The van der Waals surface area contributed by atoms with Crippen LogP contribution in [0.15, 0.2) is 240 Å². The zero-order valence-corrected chi connectivity index (χ0v) is 51.6. The van der Waals surface area contributed by atoms with Crippen LogP contribution in [0.3, 0.4) is 0 Å². The van der Waals surface area contributed by atoms with E-state index >= 15 is 0 Å². The summed E-state index contributed by atoms with van der Waals surface area (Å²) in [5, 5.41) is 2.09. The van der Waals surface area contributed by atoms with Gasteiger partial charge in [0, 0.05) is 21.2 Å². The zero-order chi connectivity index (χ0) is 59.4. The second-order valence-electron chi connectivity index (χ2n) is 21.7. The van der Waals surface area contributed by atoms with Crippen molar-refractivity contribution < 1.29 is 43.2 Å². The molecule has 8 aromatic rings. The fraction of sp³-hybridized carbons (Fsp3) is 0.212. The lowest BCUT2D eigenvalue weighted by Gasteiger charge is -2.42. The van der Waals surface area contributed by atoms with E-state index < -0.39 is 70.1 Å². The van der Waals surface area contributed by atoms with Gasteiger partial charge in [-0.3, -0.25) is 0 Å². The first-order valence-electron chi connectivity index (χ1n) is 26.6. The molecule has 0 aliphatic heterocycles. The van der Waals surface area contributed by atoms with Gasteiger partial charge in [-0.25, -0.2) is 34.4 Å². The molecule has 0 saturated carbocycles. The van der Waals surface area contributed by atoms with Crippen LogP contribution in [-0.2, 0) is 28.5 Å². The van der Waals surface area contributed by atoms with E-state index in [0.29, 0.717) is 10.0 Å². The van der Waals surface area contributed by atoms with Crippen molar-refractivity contribution in [2.24, 2.45) is 0 Å². The molecule has 8 rings (SSSR count). The Balaban J connectivity index is 0.000000236. The Kier molecular flexibility index (Phi) is 21.2. The molecule has 0 aliphatic rings. The van der Waals surface area contributed by atoms with Gasteiger partial charge in [0.1, 0.15) is 23.3 Å². The number of sulfone groups is 2. The summed E-state index contributed by atoms with van der Waals surface area (Å²) in [6, 6.07) is 57.7. The Morgan fingerprint density at radius 3 is 0.963 bits per heavy atom. The minimum Gasteiger partial charge on any atom is -0.404 e. The van der Waals surface area contributed by atoms with Crippen LogP contribution in [-0.4, -0.2) is 46.7 Å². The van der Waals surface area contributed by atoms with E-state index in [1.807, 2.05) is 72.8 Å². The minimum absolute atomic E-state index is 0.0208. The predicted molar refractivity (Wildman–Crippen MR) is 330 cm³/mol. The van der Waals surface area contributed by atoms with Crippen molar-refractivity contribution in [2.75, 3.05) is 13.2 Å². The predicted octanol–water partition coefficient (Wildman–Crippen LogP) is 15.3. The maximum absolute atomic E-state index is 14.9. The van der Waals surface area contributed by atoms with E-state index in [0.717, 1.165) is 57.1 Å². The summed E-state index contributed by atoms with van der Waals surface area (Å²) >= 11 is 11.9. The van der Waals surface area contributed by atoms with Crippen molar-refractivity contribution in [2.45, 2.75) is 84.8 Å². The standard InChI is InChI=1S/2C33H33ClF2O3SSi/c2*1-33(2,3)41(28-12-6-4-7-13-28,29-14-8-5-9-15-29)39-23-11-10-16-32(30-24-26(35)19-22-31(30)36)40(37,38)27-20-17-25(34)18-21-27/h2*4-15,17-22,24,32H,16,23H2,1-3H3/b11-10+;11-10-. The lowest BCUT2D eigenvalue weighted by Crippen LogP contribution is -2.66. The summed E-state index contributed by atoms with van der Waals surface area (Å²) in [6.07, 6.45) is 6.72. The molecule has 2 unspecified atom stereocenters. The lowest BCUT2D eigenvalue weighted by atomic mass is 10.1. The molecule has 2 atom stereocenters. The van der Waals surface area contributed by atoms with Crippen LogP contribution in [0.5, 0.6) is 0 Å². The molecule has 16 heteroatoms. The molecule has 0 N–H and O–H groups in total. The van der Waals surface area contributed by atoms with Crippen LogP contribution < -0.4 is 20.7 Å². The summed E-state index contributed by atoms with van der Waals surface area (Å²) in [4.78, 5) is -0.0416. The molecule has 0 aliphatic carbocycles. The summed E-state index contributed by atoms with van der Waals surface area (Å²) in [6.45, 7) is 13.5. The van der Waals surface area contributed by atoms with Gasteiger partial charge in [-0.15, -0.1) is 0 Å². The molecule has 82 heavy (non-hydrogen) atoms. The molecule has 0 heterocycles. The van der Waals surface area contributed by atoms with Crippen LogP contribution in [0.25, 0.3) is 0 Å². The number of halogens is 6. The summed E-state index contributed by atoms with van der Waals surface area (Å²) in [5.74, 6) is -3.00. The van der Waals surface area contributed by atoms with Crippen LogP contribution in [0.2, 0.25) is 20.1 Å². The SMILES string of the molecule is CC(C)(C)[Si](OC/C=C/CC(c1cc(F)ccc1F)S(=O)(=O)c1ccc(Cl)cc1)(c1ccccc1)c1ccccc1.CC(C)(C)[Si](OC/C=C\CC(c1cc(F)ccc1F)S(=O)(=O)c1ccc(Cl)cc1)(c1ccccc1)c1ccccc1. The van der Waals surface area contributed by atoms with Crippen LogP contribution in [0, 0.1) is 23.3 Å². The number of hydrogen-bond donors (Lipinski definition) is 0. The van der Waals surface area contributed by atoms with Crippen molar-refractivity contribution in [1.82, 2.24) is 0 Å². The lowest BCUT2D eigenvalue weighted by molar-refractivity contribution is 0.339. The molecule has 0 saturated heterocycles. The van der Waals surface area contributed by atoms with E-state index in [1.165, 1.54) is 48.5 Å². The van der Waals surface area contributed by atoms with E-state index in [1.54, 1.807) is 24.3 Å². The highest BCUT2D eigenvalue weighted by molar-refractivity contribution is 7.92. The maximum Gasteiger partial charge on any atom is 0.261 e. The van der Waals surface area contributed by atoms with Gasteiger partial charge < -0.3 is 8.85 Å². The van der Waals surface area contributed by atoms with Crippen molar-refractivity contribution in [3.63, 3.8) is 0 Å². The third-order valence-electron chi connectivity index (χ3n) is 14.3. The monoisotopic (exact) mass is 1220 g/mol. The van der Waals surface area contributed by atoms with E-state index in [-0.39, 0.29) is 57.0 Å². The Labute approximate surface area is 493 Å². The molecule has 0 bridgehead atoms. The molecule has 0 radical (unpaired) electrons. The Morgan fingerprint density at radius 1 is 0.415 bits per heavy atom. The first kappa shape index (κ1) is 63.4.